The Balaban J connectivity index is 0.00000280. The van der Waals surface area contributed by atoms with E-state index in [0.29, 0.717) is 12.1 Å². The Hall–Kier alpha value is -1.01. The SMILES string of the molecule is COc1ccc(CCCCOC2CCCCC2N2CCOCC2)cc1OC.Cl. The fourth-order valence-electron chi connectivity index (χ4n) is 4.30. The Labute approximate surface area is 176 Å². The van der Waals surface area contributed by atoms with Gasteiger partial charge >= 0.3 is 0 Å². The standard InChI is InChI=1S/C22H35NO4.ClH/c1-24-21-11-10-18(17-22(21)25-2)7-5-6-14-27-20-9-4-3-8-19(20)23-12-15-26-16-13-23;/h10-11,17,19-20H,3-9,12-16H2,1-2H3;1H. The molecule has 6 heteroatoms. The molecule has 2 aliphatic rings. The van der Waals surface area contributed by atoms with E-state index in [1.54, 1.807) is 14.2 Å². The molecule has 160 valence electrons. The lowest BCUT2D eigenvalue weighted by atomic mass is 9.91. The van der Waals surface area contributed by atoms with Crippen LogP contribution in [0.2, 0.25) is 0 Å². The molecule has 0 N–H and O–H groups in total. The largest absolute Gasteiger partial charge is 0.493 e. The molecule has 0 aromatic heterocycles. The molecule has 1 aliphatic carbocycles. The first-order chi connectivity index (χ1) is 13.3. The van der Waals surface area contributed by atoms with Gasteiger partial charge in [-0.05, 0) is 49.8 Å². The summed E-state index contributed by atoms with van der Waals surface area (Å²) in [6, 6.07) is 6.78. The highest BCUT2D eigenvalue weighted by molar-refractivity contribution is 5.85. The van der Waals surface area contributed by atoms with E-state index in [1.807, 2.05) is 6.07 Å². The molecule has 1 heterocycles. The molecular formula is C22H36ClNO4. The molecule has 2 atom stereocenters. The summed E-state index contributed by atoms with van der Waals surface area (Å²) < 4.78 is 22.5. The lowest BCUT2D eigenvalue weighted by molar-refractivity contribution is -0.0660. The number of benzene rings is 1. The van der Waals surface area contributed by atoms with E-state index in [2.05, 4.69) is 17.0 Å². The topological polar surface area (TPSA) is 40.2 Å². The van der Waals surface area contributed by atoms with Gasteiger partial charge in [-0.15, -0.1) is 12.4 Å². The number of ether oxygens (including phenoxy) is 4. The van der Waals surface area contributed by atoms with Crippen LogP contribution in [0, 0.1) is 0 Å². The highest BCUT2D eigenvalue weighted by Crippen LogP contribution is 2.29. The predicted octanol–water partition coefficient (Wildman–Crippen LogP) is 4.11. The maximum Gasteiger partial charge on any atom is 0.160 e. The minimum atomic E-state index is 0. The highest BCUT2D eigenvalue weighted by Gasteiger charge is 2.31. The van der Waals surface area contributed by atoms with E-state index < -0.39 is 0 Å². The number of hydrogen-bond donors (Lipinski definition) is 0. The van der Waals surface area contributed by atoms with Crippen molar-refractivity contribution in [2.45, 2.75) is 57.1 Å². The molecule has 2 fully saturated rings. The second kappa shape index (κ2) is 12.5. The van der Waals surface area contributed by atoms with Gasteiger partial charge in [0.05, 0.1) is 33.5 Å². The van der Waals surface area contributed by atoms with Gasteiger partial charge in [-0.3, -0.25) is 4.90 Å². The molecule has 2 unspecified atom stereocenters. The van der Waals surface area contributed by atoms with E-state index in [1.165, 1.54) is 31.2 Å². The quantitative estimate of drug-likeness (QED) is 0.570. The van der Waals surface area contributed by atoms with Crippen molar-refractivity contribution in [3.8, 4) is 11.5 Å². The molecule has 0 spiro atoms. The van der Waals surface area contributed by atoms with Crippen molar-refractivity contribution in [3.05, 3.63) is 23.8 Å². The Morgan fingerprint density at radius 2 is 1.75 bits per heavy atom. The molecule has 5 nitrogen and oxygen atoms in total. The molecule has 1 aliphatic heterocycles. The third-order valence-corrected chi connectivity index (χ3v) is 5.82. The zero-order valence-corrected chi connectivity index (χ0v) is 18.2. The lowest BCUT2D eigenvalue weighted by Gasteiger charge is -2.41. The summed E-state index contributed by atoms with van der Waals surface area (Å²) in [7, 11) is 3.36. The molecule has 1 saturated carbocycles. The van der Waals surface area contributed by atoms with Gasteiger partial charge in [0.25, 0.3) is 0 Å². The van der Waals surface area contributed by atoms with Crippen molar-refractivity contribution in [2.24, 2.45) is 0 Å². The number of aryl methyl sites for hydroxylation is 1. The molecule has 0 amide bonds. The Kier molecular flexibility index (Phi) is 10.4. The van der Waals surface area contributed by atoms with E-state index in [0.717, 1.165) is 63.7 Å². The van der Waals surface area contributed by atoms with Gasteiger partial charge in [0.2, 0.25) is 0 Å². The van der Waals surface area contributed by atoms with Gasteiger partial charge < -0.3 is 18.9 Å². The van der Waals surface area contributed by atoms with Gasteiger partial charge in [-0.25, -0.2) is 0 Å². The number of rotatable bonds is 9. The van der Waals surface area contributed by atoms with E-state index in [4.69, 9.17) is 18.9 Å². The van der Waals surface area contributed by atoms with Gasteiger partial charge in [0, 0.05) is 25.7 Å². The fourth-order valence-corrected chi connectivity index (χ4v) is 4.30. The number of halogens is 1. The Morgan fingerprint density at radius 3 is 2.50 bits per heavy atom. The zero-order chi connectivity index (χ0) is 18.9. The number of hydrogen-bond acceptors (Lipinski definition) is 5. The second-order valence-corrected chi connectivity index (χ2v) is 7.56. The maximum atomic E-state index is 6.34. The van der Waals surface area contributed by atoms with Crippen molar-refractivity contribution < 1.29 is 18.9 Å². The third-order valence-electron chi connectivity index (χ3n) is 5.82. The lowest BCUT2D eigenvalue weighted by Crippen LogP contribution is -2.51. The van der Waals surface area contributed by atoms with Crippen LogP contribution in [0.1, 0.15) is 44.1 Å². The monoisotopic (exact) mass is 413 g/mol. The van der Waals surface area contributed by atoms with Crippen molar-refractivity contribution >= 4 is 12.4 Å². The molecule has 1 aromatic rings. The number of nitrogens with zero attached hydrogens (tertiary/aromatic N) is 1. The summed E-state index contributed by atoms with van der Waals surface area (Å²) in [5.41, 5.74) is 1.29. The number of morpholine rings is 1. The summed E-state index contributed by atoms with van der Waals surface area (Å²) in [6.07, 6.45) is 8.79. The average molecular weight is 414 g/mol. The molecule has 28 heavy (non-hydrogen) atoms. The van der Waals surface area contributed by atoms with Crippen LogP contribution in [0.3, 0.4) is 0 Å². The van der Waals surface area contributed by atoms with Gasteiger partial charge in [0.1, 0.15) is 0 Å². The minimum absolute atomic E-state index is 0. The summed E-state index contributed by atoms with van der Waals surface area (Å²) in [4.78, 5) is 2.59. The van der Waals surface area contributed by atoms with Crippen LogP contribution in [0.5, 0.6) is 11.5 Å². The van der Waals surface area contributed by atoms with Gasteiger partial charge in [0.15, 0.2) is 11.5 Å². The van der Waals surface area contributed by atoms with Crippen molar-refractivity contribution in [1.82, 2.24) is 4.90 Å². The second-order valence-electron chi connectivity index (χ2n) is 7.56. The molecule has 0 radical (unpaired) electrons. The summed E-state index contributed by atoms with van der Waals surface area (Å²) in [5, 5.41) is 0. The number of methoxy groups -OCH3 is 2. The van der Waals surface area contributed by atoms with Crippen LogP contribution in [-0.2, 0) is 15.9 Å². The third kappa shape index (κ3) is 6.51. The van der Waals surface area contributed by atoms with Crippen molar-refractivity contribution in [1.29, 1.82) is 0 Å². The molecule has 3 rings (SSSR count). The smallest absolute Gasteiger partial charge is 0.160 e. The first-order valence-electron chi connectivity index (χ1n) is 10.5. The predicted molar refractivity (Wildman–Crippen MR) is 114 cm³/mol. The first-order valence-corrected chi connectivity index (χ1v) is 10.5. The van der Waals surface area contributed by atoms with Crippen LogP contribution < -0.4 is 9.47 Å². The van der Waals surface area contributed by atoms with Crippen LogP contribution >= 0.6 is 12.4 Å². The van der Waals surface area contributed by atoms with E-state index in [-0.39, 0.29) is 12.4 Å². The molecular weight excluding hydrogens is 378 g/mol. The maximum absolute atomic E-state index is 6.34. The normalized spacial score (nSPS) is 23.1. The van der Waals surface area contributed by atoms with Crippen LogP contribution in [0.15, 0.2) is 18.2 Å². The fraction of sp³-hybridized carbons (Fsp3) is 0.727. The summed E-state index contributed by atoms with van der Waals surface area (Å²) >= 11 is 0. The van der Waals surface area contributed by atoms with Gasteiger partial charge in [-0.2, -0.15) is 0 Å². The molecule has 0 bridgehead atoms. The first kappa shape index (κ1) is 23.3. The van der Waals surface area contributed by atoms with Gasteiger partial charge in [-0.1, -0.05) is 18.9 Å². The van der Waals surface area contributed by atoms with E-state index in [9.17, 15) is 0 Å². The Bertz CT molecular complexity index is 565. The van der Waals surface area contributed by atoms with Crippen LogP contribution in [-0.4, -0.2) is 64.2 Å². The van der Waals surface area contributed by atoms with Crippen molar-refractivity contribution in [2.75, 3.05) is 47.1 Å². The highest BCUT2D eigenvalue weighted by atomic mass is 35.5. The van der Waals surface area contributed by atoms with E-state index >= 15 is 0 Å². The summed E-state index contributed by atoms with van der Waals surface area (Å²) in [5.74, 6) is 1.60. The number of unbranched alkanes of at least 4 members (excludes halogenated alkanes) is 1. The van der Waals surface area contributed by atoms with Crippen LogP contribution in [0.4, 0.5) is 0 Å². The van der Waals surface area contributed by atoms with Crippen molar-refractivity contribution in [3.63, 3.8) is 0 Å². The average Bonchev–Trinajstić information content (AvgIpc) is 2.74. The summed E-state index contributed by atoms with van der Waals surface area (Å²) in [6.45, 7) is 4.72. The molecule has 1 saturated heterocycles. The zero-order valence-electron chi connectivity index (χ0n) is 17.4. The van der Waals surface area contributed by atoms with Crippen LogP contribution in [0.25, 0.3) is 0 Å². The molecule has 1 aromatic carbocycles. The minimum Gasteiger partial charge on any atom is -0.493 e. The Morgan fingerprint density at radius 1 is 1.00 bits per heavy atom.